The molecule has 0 fully saturated rings. The molecule has 20 heavy (non-hydrogen) atoms. The van der Waals surface area contributed by atoms with Gasteiger partial charge in [0.1, 0.15) is 5.82 Å². The third-order valence-corrected chi connectivity index (χ3v) is 2.86. The molecular formula is C16H24FNO2. The Hall–Kier alpha value is -1.42. The minimum atomic E-state index is -1.09. The fraction of sp³-hybridized carbons (Fsp3) is 0.562. The lowest BCUT2D eigenvalue weighted by Crippen LogP contribution is -2.31. The van der Waals surface area contributed by atoms with E-state index in [0.29, 0.717) is 23.9 Å². The lowest BCUT2D eigenvalue weighted by Gasteiger charge is -2.26. The molecule has 0 heterocycles. The van der Waals surface area contributed by atoms with Gasteiger partial charge in [-0.25, -0.2) is 9.18 Å². The highest BCUT2D eigenvalue weighted by Crippen LogP contribution is 2.14. The average Bonchev–Trinajstić information content (AvgIpc) is 2.25. The molecule has 0 bridgehead atoms. The predicted molar refractivity (Wildman–Crippen MR) is 78.3 cm³/mol. The lowest BCUT2D eigenvalue weighted by atomic mass is 10.1. The van der Waals surface area contributed by atoms with Gasteiger partial charge >= 0.3 is 5.97 Å². The molecule has 3 nitrogen and oxygen atoms in total. The topological polar surface area (TPSA) is 40.5 Å². The van der Waals surface area contributed by atoms with E-state index in [0.717, 1.165) is 19.2 Å². The van der Waals surface area contributed by atoms with Crippen molar-refractivity contribution in [3.05, 3.63) is 35.1 Å². The molecule has 0 aliphatic heterocycles. The van der Waals surface area contributed by atoms with Crippen LogP contribution in [0.15, 0.2) is 18.2 Å². The summed E-state index contributed by atoms with van der Waals surface area (Å²) in [5.41, 5.74) is 0.720. The SMILES string of the molecule is CC(C)CN(Cc1cc(F)cc(C(=O)O)c1)CC(C)C. The molecule has 0 amide bonds. The van der Waals surface area contributed by atoms with E-state index >= 15 is 0 Å². The van der Waals surface area contributed by atoms with Crippen molar-refractivity contribution >= 4 is 5.97 Å². The first-order chi connectivity index (χ1) is 9.27. The fourth-order valence-electron chi connectivity index (χ4n) is 2.36. The molecule has 0 saturated heterocycles. The highest BCUT2D eigenvalue weighted by atomic mass is 19.1. The van der Waals surface area contributed by atoms with Gasteiger partial charge in [-0.05, 0) is 35.6 Å². The Morgan fingerprint density at radius 2 is 1.70 bits per heavy atom. The minimum Gasteiger partial charge on any atom is -0.478 e. The van der Waals surface area contributed by atoms with Crippen molar-refractivity contribution in [2.24, 2.45) is 11.8 Å². The van der Waals surface area contributed by atoms with Crippen LogP contribution in [0.25, 0.3) is 0 Å². The van der Waals surface area contributed by atoms with Crippen molar-refractivity contribution < 1.29 is 14.3 Å². The van der Waals surface area contributed by atoms with Crippen molar-refractivity contribution in [2.45, 2.75) is 34.2 Å². The Morgan fingerprint density at radius 3 is 2.15 bits per heavy atom. The van der Waals surface area contributed by atoms with E-state index in [1.54, 1.807) is 6.07 Å². The van der Waals surface area contributed by atoms with Crippen LogP contribution in [0.3, 0.4) is 0 Å². The van der Waals surface area contributed by atoms with Gasteiger partial charge in [0, 0.05) is 19.6 Å². The number of carboxylic acid groups (broad SMARTS) is 1. The zero-order chi connectivity index (χ0) is 15.3. The molecule has 0 atom stereocenters. The summed E-state index contributed by atoms with van der Waals surface area (Å²) in [7, 11) is 0. The van der Waals surface area contributed by atoms with Crippen molar-refractivity contribution in [2.75, 3.05) is 13.1 Å². The Bertz CT molecular complexity index is 448. The van der Waals surface area contributed by atoms with Crippen LogP contribution in [0.4, 0.5) is 4.39 Å². The van der Waals surface area contributed by atoms with Gasteiger partial charge in [-0.1, -0.05) is 27.7 Å². The van der Waals surface area contributed by atoms with Crippen molar-refractivity contribution in [3.8, 4) is 0 Å². The summed E-state index contributed by atoms with van der Waals surface area (Å²) >= 11 is 0. The Labute approximate surface area is 120 Å². The maximum atomic E-state index is 13.5. The molecule has 1 N–H and O–H groups in total. The Morgan fingerprint density at radius 1 is 1.15 bits per heavy atom. The number of carbonyl (C=O) groups is 1. The zero-order valence-electron chi connectivity index (χ0n) is 12.7. The highest BCUT2D eigenvalue weighted by Gasteiger charge is 2.13. The molecular weight excluding hydrogens is 257 g/mol. The van der Waals surface area contributed by atoms with E-state index in [1.165, 1.54) is 6.07 Å². The second-order valence-electron chi connectivity index (χ2n) is 6.14. The summed E-state index contributed by atoms with van der Waals surface area (Å²) in [6.07, 6.45) is 0. The molecule has 0 aromatic heterocycles. The molecule has 1 aromatic carbocycles. The number of benzene rings is 1. The summed E-state index contributed by atoms with van der Waals surface area (Å²) < 4.78 is 13.5. The van der Waals surface area contributed by atoms with Gasteiger partial charge in [0.05, 0.1) is 5.56 Å². The second-order valence-corrected chi connectivity index (χ2v) is 6.14. The number of rotatable bonds is 7. The number of hydrogen-bond donors (Lipinski definition) is 1. The first-order valence-corrected chi connectivity index (χ1v) is 7.03. The summed E-state index contributed by atoms with van der Waals surface area (Å²) in [6, 6.07) is 4.03. The number of halogens is 1. The van der Waals surface area contributed by atoms with Crippen LogP contribution in [0.1, 0.15) is 43.6 Å². The van der Waals surface area contributed by atoms with Gasteiger partial charge in [0.2, 0.25) is 0 Å². The van der Waals surface area contributed by atoms with E-state index in [1.807, 2.05) is 0 Å². The van der Waals surface area contributed by atoms with Crippen molar-refractivity contribution in [1.29, 1.82) is 0 Å². The normalized spacial score (nSPS) is 11.6. The molecule has 0 saturated carbocycles. The van der Waals surface area contributed by atoms with Crippen LogP contribution in [-0.4, -0.2) is 29.1 Å². The summed E-state index contributed by atoms with van der Waals surface area (Å²) in [6.45, 7) is 11.0. The third-order valence-electron chi connectivity index (χ3n) is 2.86. The van der Waals surface area contributed by atoms with Gasteiger partial charge in [0.25, 0.3) is 0 Å². The van der Waals surface area contributed by atoms with Crippen LogP contribution >= 0.6 is 0 Å². The maximum Gasteiger partial charge on any atom is 0.335 e. The highest BCUT2D eigenvalue weighted by molar-refractivity contribution is 5.87. The number of aromatic carboxylic acids is 1. The van der Waals surface area contributed by atoms with E-state index in [9.17, 15) is 9.18 Å². The van der Waals surface area contributed by atoms with Gasteiger partial charge in [-0.2, -0.15) is 0 Å². The first-order valence-electron chi connectivity index (χ1n) is 7.03. The predicted octanol–water partition coefficient (Wildman–Crippen LogP) is 3.64. The largest absolute Gasteiger partial charge is 0.478 e. The monoisotopic (exact) mass is 281 g/mol. The van der Waals surface area contributed by atoms with Gasteiger partial charge in [0.15, 0.2) is 0 Å². The molecule has 0 radical (unpaired) electrons. The second kappa shape index (κ2) is 7.39. The van der Waals surface area contributed by atoms with Crippen LogP contribution in [-0.2, 0) is 6.54 Å². The lowest BCUT2D eigenvalue weighted by molar-refractivity contribution is 0.0696. The van der Waals surface area contributed by atoms with Gasteiger partial charge in [-0.15, -0.1) is 0 Å². The standard InChI is InChI=1S/C16H24FNO2/c1-11(2)8-18(9-12(3)4)10-13-5-14(16(19)20)7-15(17)6-13/h5-7,11-12H,8-10H2,1-4H3,(H,19,20). The molecule has 0 aliphatic carbocycles. The Kier molecular flexibility index (Phi) is 6.14. The molecule has 1 rings (SSSR count). The minimum absolute atomic E-state index is 0.00837. The van der Waals surface area contributed by atoms with E-state index in [-0.39, 0.29) is 5.56 Å². The summed E-state index contributed by atoms with van der Waals surface area (Å²) in [5, 5.41) is 8.98. The number of carboxylic acids is 1. The van der Waals surface area contributed by atoms with Crippen LogP contribution in [0, 0.1) is 17.7 Å². The summed E-state index contributed by atoms with van der Waals surface area (Å²) in [5.74, 6) is -0.554. The maximum absolute atomic E-state index is 13.5. The third kappa shape index (κ3) is 5.70. The summed E-state index contributed by atoms with van der Waals surface area (Å²) in [4.78, 5) is 13.2. The van der Waals surface area contributed by atoms with Crippen LogP contribution in [0.2, 0.25) is 0 Å². The molecule has 1 aromatic rings. The molecule has 112 valence electrons. The van der Waals surface area contributed by atoms with Gasteiger partial charge < -0.3 is 5.11 Å². The van der Waals surface area contributed by atoms with Crippen molar-refractivity contribution in [3.63, 3.8) is 0 Å². The Balaban J connectivity index is 2.89. The van der Waals surface area contributed by atoms with Crippen LogP contribution in [0.5, 0.6) is 0 Å². The molecule has 0 unspecified atom stereocenters. The number of nitrogens with zero attached hydrogens (tertiary/aromatic N) is 1. The van der Waals surface area contributed by atoms with Gasteiger partial charge in [-0.3, -0.25) is 4.90 Å². The van der Waals surface area contributed by atoms with E-state index < -0.39 is 11.8 Å². The number of hydrogen-bond acceptors (Lipinski definition) is 2. The molecule has 0 aliphatic rings. The smallest absolute Gasteiger partial charge is 0.335 e. The fourth-order valence-corrected chi connectivity index (χ4v) is 2.36. The average molecular weight is 281 g/mol. The zero-order valence-corrected chi connectivity index (χ0v) is 12.7. The van der Waals surface area contributed by atoms with Crippen molar-refractivity contribution in [1.82, 2.24) is 4.90 Å². The molecule has 4 heteroatoms. The molecule has 0 spiro atoms. The quantitative estimate of drug-likeness (QED) is 0.829. The van der Waals surface area contributed by atoms with E-state index in [2.05, 4.69) is 32.6 Å². The van der Waals surface area contributed by atoms with E-state index in [4.69, 9.17) is 5.11 Å². The first kappa shape index (κ1) is 16.6. The van der Waals surface area contributed by atoms with Crippen LogP contribution < -0.4 is 0 Å².